The normalized spacial score (nSPS) is 11.8. The lowest BCUT2D eigenvalue weighted by molar-refractivity contribution is 0.684. The lowest BCUT2D eigenvalue weighted by atomic mass is 10.1. The molecule has 0 spiro atoms. The first-order valence-electron chi connectivity index (χ1n) is 10.1. The largest absolute Gasteiger partial charge is 0.251 e. The molecule has 27 heavy (non-hydrogen) atoms. The van der Waals surface area contributed by atoms with E-state index in [4.69, 9.17) is 9.98 Å². The highest BCUT2D eigenvalue weighted by molar-refractivity contribution is 6.49. The molecule has 0 saturated carbocycles. The van der Waals surface area contributed by atoms with Gasteiger partial charge in [-0.25, -0.2) is 4.99 Å². The fourth-order valence-electron chi connectivity index (χ4n) is 2.67. The van der Waals surface area contributed by atoms with Crippen molar-refractivity contribution in [2.24, 2.45) is 9.98 Å². The minimum Gasteiger partial charge on any atom is -0.251 e. The molecule has 140 valence electrons. The van der Waals surface area contributed by atoms with Crippen molar-refractivity contribution in [3.8, 4) is 11.8 Å². The van der Waals surface area contributed by atoms with Gasteiger partial charge in [-0.1, -0.05) is 75.4 Å². The molecule has 2 heteroatoms. The molecule has 0 bridgehead atoms. The third-order valence-corrected chi connectivity index (χ3v) is 4.14. The van der Waals surface area contributed by atoms with Gasteiger partial charge in [0.05, 0.1) is 17.1 Å². The summed E-state index contributed by atoms with van der Waals surface area (Å²) in [5.74, 6) is 6.56. The van der Waals surface area contributed by atoms with Crippen molar-refractivity contribution in [3.05, 3.63) is 60.7 Å². The van der Waals surface area contributed by atoms with Crippen LogP contribution in [-0.2, 0) is 0 Å². The predicted octanol–water partition coefficient (Wildman–Crippen LogP) is 7.31. The van der Waals surface area contributed by atoms with Gasteiger partial charge < -0.3 is 0 Å². The van der Waals surface area contributed by atoms with E-state index in [2.05, 4.69) is 25.7 Å². The van der Waals surface area contributed by atoms with Crippen LogP contribution in [0, 0.1) is 11.8 Å². The second-order valence-corrected chi connectivity index (χ2v) is 6.55. The second-order valence-electron chi connectivity index (χ2n) is 6.55. The zero-order chi connectivity index (χ0) is 19.2. The Morgan fingerprint density at radius 2 is 1.37 bits per heavy atom. The molecule has 2 aromatic rings. The zero-order valence-electron chi connectivity index (χ0n) is 16.6. The summed E-state index contributed by atoms with van der Waals surface area (Å²) in [7, 11) is 0. The number of hydrogen-bond acceptors (Lipinski definition) is 2. The maximum Gasteiger partial charge on any atom is 0.135 e. The number of aliphatic imine (C=N–C) groups is 2. The van der Waals surface area contributed by atoms with Crippen molar-refractivity contribution in [3.63, 3.8) is 0 Å². The lowest BCUT2D eigenvalue weighted by Gasteiger charge is -2.07. The molecule has 0 aromatic heterocycles. The lowest BCUT2D eigenvalue weighted by Crippen LogP contribution is -2.12. The van der Waals surface area contributed by atoms with E-state index in [1.807, 2.05) is 60.7 Å². The van der Waals surface area contributed by atoms with Crippen LogP contribution in [-0.4, -0.2) is 11.4 Å². The average Bonchev–Trinajstić information content (AvgIpc) is 2.71. The van der Waals surface area contributed by atoms with E-state index in [-0.39, 0.29) is 0 Å². The van der Waals surface area contributed by atoms with E-state index < -0.39 is 0 Å². The van der Waals surface area contributed by atoms with E-state index in [1.54, 1.807) is 0 Å². The topological polar surface area (TPSA) is 24.7 Å². The minimum atomic E-state index is 0.801. The monoisotopic (exact) mass is 358 g/mol. The Morgan fingerprint density at radius 1 is 0.741 bits per heavy atom. The zero-order valence-corrected chi connectivity index (χ0v) is 16.6. The van der Waals surface area contributed by atoms with Gasteiger partial charge in [0.15, 0.2) is 0 Å². The first-order chi connectivity index (χ1) is 13.3. The van der Waals surface area contributed by atoms with Gasteiger partial charge in [0.1, 0.15) is 5.71 Å². The fraction of sp³-hybridized carbons (Fsp3) is 0.360. The van der Waals surface area contributed by atoms with Gasteiger partial charge in [0.2, 0.25) is 0 Å². The summed E-state index contributed by atoms with van der Waals surface area (Å²) in [5.41, 5.74) is 3.67. The average molecular weight is 359 g/mol. The Morgan fingerprint density at radius 3 is 1.96 bits per heavy atom. The summed E-state index contributed by atoms with van der Waals surface area (Å²) in [6, 6.07) is 20.2. The third-order valence-electron chi connectivity index (χ3n) is 4.14. The molecule has 0 heterocycles. The quantitative estimate of drug-likeness (QED) is 0.255. The van der Waals surface area contributed by atoms with Crippen LogP contribution in [0.4, 0.5) is 11.4 Å². The van der Waals surface area contributed by atoms with Crippen LogP contribution in [0.15, 0.2) is 70.6 Å². The van der Waals surface area contributed by atoms with E-state index in [0.717, 1.165) is 48.5 Å². The van der Waals surface area contributed by atoms with Gasteiger partial charge in [0.25, 0.3) is 0 Å². The number of rotatable bonds is 9. The van der Waals surface area contributed by atoms with Crippen LogP contribution < -0.4 is 0 Å². The molecule has 0 atom stereocenters. The number of benzene rings is 2. The molecule has 0 aliphatic heterocycles. The number of nitrogens with zero attached hydrogens (tertiary/aromatic N) is 2. The van der Waals surface area contributed by atoms with E-state index in [1.165, 1.54) is 19.3 Å². The Balaban J connectivity index is 2.37. The highest BCUT2D eigenvalue weighted by Gasteiger charge is 2.08. The molecule has 0 amide bonds. The summed E-state index contributed by atoms with van der Waals surface area (Å²) in [6.07, 6.45) is 7.64. The van der Waals surface area contributed by atoms with Crippen LogP contribution in [0.5, 0.6) is 0 Å². The molecular weight excluding hydrogens is 328 g/mol. The van der Waals surface area contributed by atoms with Crippen molar-refractivity contribution < 1.29 is 0 Å². The van der Waals surface area contributed by atoms with Gasteiger partial charge in [-0.3, -0.25) is 4.99 Å². The fourth-order valence-corrected chi connectivity index (χ4v) is 2.67. The summed E-state index contributed by atoms with van der Waals surface area (Å²) < 4.78 is 0. The molecule has 0 radical (unpaired) electrons. The number of hydrogen-bond donors (Lipinski definition) is 0. The molecule has 0 unspecified atom stereocenters. The summed E-state index contributed by atoms with van der Waals surface area (Å²) in [6.45, 7) is 4.38. The van der Waals surface area contributed by atoms with Crippen LogP contribution in [0.2, 0.25) is 0 Å². The third kappa shape index (κ3) is 8.05. The van der Waals surface area contributed by atoms with Crippen molar-refractivity contribution in [2.75, 3.05) is 0 Å². The SMILES string of the molecule is CCCC#CC(=Nc1ccccc1)C(CCCCCC)=Nc1ccccc1. The van der Waals surface area contributed by atoms with Gasteiger partial charge in [-0.2, -0.15) is 0 Å². The van der Waals surface area contributed by atoms with Crippen molar-refractivity contribution in [1.82, 2.24) is 0 Å². The maximum absolute atomic E-state index is 4.91. The molecule has 0 N–H and O–H groups in total. The van der Waals surface area contributed by atoms with Crippen LogP contribution in [0.25, 0.3) is 0 Å². The van der Waals surface area contributed by atoms with Gasteiger partial charge in [-0.05, 0) is 49.4 Å². The molecular formula is C25H30N2. The summed E-state index contributed by atoms with van der Waals surface area (Å²) in [5, 5.41) is 0. The number of para-hydroxylation sites is 2. The van der Waals surface area contributed by atoms with E-state index >= 15 is 0 Å². The highest BCUT2D eigenvalue weighted by atomic mass is 14.8. The number of unbranched alkanes of at least 4 members (excludes halogenated alkanes) is 4. The summed E-state index contributed by atoms with van der Waals surface area (Å²) in [4.78, 5) is 9.75. The van der Waals surface area contributed by atoms with Crippen molar-refractivity contribution in [1.29, 1.82) is 0 Å². The molecule has 0 aliphatic rings. The molecule has 2 rings (SSSR count). The molecule has 0 fully saturated rings. The predicted molar refractivity (Wildman–Crippen MR) is 119 cm³/mol. The molecule has 2 aromatic carbocycles. The van der Waals surface area contributed by atoms with E-state index in [0.29, 0.717) is 0 Å². The Hall–Kier alpha value is -2.66. The Kier molecular flexibility index (Phi) is 9.68. The van der Waals surface area contributed by atoms with Crippen LogP contribution in [0.1, 0.15) is 58.8 Å². The van der Waals surface area contributed by atoms with Crippen molar-refractivity contribution in [2.45, 2.75) is 58.8 Å². The Bertz CT molecular complexity index is 777. The molecule has 2 nitrogen and oxygen atoms in total. The minimum absolute atomic E-state index is 0.801. The summed E-state index contributed by atoms with van der Waals surface area (Å²) >= 11 is 0. The van der Waals surface area contributed by atoms with Crippen molar-refractivity contribution >= 4 is 22.8 Å². The standard InChI is InChI=1S/C25H30N2/c1-3-5-7-15-21-25(27-23-18-13-9-14-19-23)24(20-10-6-4-2)26-22-16-11-8-12-17-22/h8-9,11-14,16-19H,3-7,15,21H2,1-2H3. The first-order valence-corrected chi connectivity index (χ1v) is 10.1. The van der Waals surface area contributed by atoms with Crippen LogP contribution >= 0.6 is 0 Å². The molecule has 0 aliphatic carbocycles. The van der Waals surface area contributed by atoms with Gasteiger partial charge in [-0.15, -0.1) is 0 Å². The maximum atomic E-state index is 4.91. The van der Waals surface area contributed by atoms with Gasteiger partial charge in [0, 0.05) is 6.42 Å². The van der Waals surface area contributed by atoms with Crippen LogP contribution in [0.3, 0.4) is 0 Å². The second kappa shape index (κ2) is 12.7. The Labute approximate surface area is 164 Å². The van der Waals surface area contributed by atoms with E-state index in [9.17, 15) is 0 Å². The first kappa shape index (κ1) is 20.6. The van der Waals surface area contributed by atoms with Gasteiger partial charge >= 0.3 is 0 Å². The smallest absolute Gasteiger partial charge is 0.135 e. The molecule has 0 saturated heterocycles. The highest BCUT2D eigenvalue weighted by Crippen LogP contribution is 2.16.